The highest BCUT2D eigenvalue weighted by Crippen LogP contribution is 2.38. The van der Waals surface area contributed by atoms with E-state index in [1.54, 1.807) is 11.3 Å². The zero-order valence-corrected chi connectivity index (χ0v) is 16.1. The van der Waals surface area contributed by atoms with Crippen molar-refractivity contribution < 1.29 is 0 Å². The first-order valence-corrected chi connectivity index (χ1v) is 9.63. The summed E-state index contributed by atoms with van der Waals surface area (Å²) in [6.07, 6.45) is 1.26. The van der Waals surface area contributed by atoms with E-state index >= 15 is 0 Å². The van der Waals surface area contributed by atoms with Gasteiger partial charge in [-0.3, -0.25) is 9.80 Å². The topological polar surface area (TPSA) is 32.5 Å². The van der Waals surface area contributed by atoms with E-state index < -0.39 is 0 Å². The number of nitrogens with two attached hydrogens (primary N) is 1. The van der Waals surface area contributed by atoms with E-state index in [0.29, 0.717) is 18.6 Å². The standard InChI is InChI=1S/C14H23Br2N3S/c1-3-18(4-2)10-5-6-19(9-10)12(8-17)13-7-11(15)14(16)20-13/h7,10,12H,3-6,8-9,17H2,1-2H3. The van der Waals surface area contributed by atoms with Gasteiger partial charge in [-0.15, -0.1) is 11.3 Å². The maximum atomic E-state index is 6.05. The first-order chi connectivity index (χ1) is 9.60. The van der Waals surface area contributed by atoms with Gasteiger partial charge in [-0.25, -0.2) is 0 Å². The predicted molar refractivity (Wildman–Crippen MR) is 94.4 cm³/mol. The molecule has 1 aromatic rings. The molecule has 0 aliphatic carbocycles. The summed E-state index contributed by atoms with van der Waals surface area (Å²) in [6.45, 7) is 9.74. The summed E-state index contributed by atoms with van der Waals surface area (Å²) >= 11 is 8.95. The highest BCUT2D eigenvalue weighted by molar-refractivity contribution is 9.13. The van der Waals surface area contributed by atoms with Crippen LogP contribution in [0.25, 0.3) is 0 Å². The van der Waals surface area contributed by atoms with Crippen molar-refractivity contribution in [1.82, 2.24) is 9.80 Å². The van der Waals surface area contributed by atoms with E-state index in [2.05, 4.69) is 61.6 Å². The van der Waals surface area contributed by atoms with Crippen molar-refractivity contribution in [2.45, 2.75) is 32.4 Å². The molecule has 2 unspecified atom stereocenters. The quantitative estimate of drug-likeness (QED) is 0.755. The Labute approximate surface area is 142 Å². The number of halogens is 2. The summed E-state index contributed by atoms with van der Waals surface area (Å²) in [5.74, 6) is 0. The van der Waals surface area contributed by atoms with Crippen molar-refractivity contribution >= 4 is 43.2 Å². The third-order valence-corrected chi connectivity index (χ3v) is 7.54. The lowest BCUT2D eigenvalue weighted by Gasteiger charge is -2.29. The Balaban J connectivity index is 2.06. The van der Waals surface area contributed by atoms with Crippen molar-refractivity contribution in [1.29, 1.82) is 0 Å². The Morgan fingerprint density at radius 1 is 1.45 bits per heavy atom. The number of rotatable bonds is 6. The number of hydrogen-bond donors (Lipinski definition) is 1. The molecule has 1 aliphatic heterocycles. The van der Waals surface area contributed by atoms with Crippen molar-refractivity contribution in [3.8, 4) is 0 Å². The number of likely N-dealkylation sites (N-methyl/N-ethyl adjacent to an activating group) is 1. The summed E-state index contributed by atoms with van der Waals surface area (Å²) in [6, 6.07) is 3.24. The van der Waals surface area contributed by atoms with Crippen molar-refractivity contribution in [3.63, 3.8) is 0 Å². The largest absolute Gasteiger partial charge is 0.329 e. The average molecular weight is 425 g/mol. The normalized spacial score (nSPS) is 21.8. The molecule has 20 heavy (non-hydrogen) atoms. The Kier molecular flexibility index (Phi) is 6.51. The second-order valence-electron chi connectivity index (χ2n) is 5.18. The second kappa shape index (κ2) is 7.70. The van der Waals surface area contributed by atoms with Gasteiger partial charge in [-0.2, -0.15) is 0 Å². The van der Waals surface area contributed by atoms with Crippen LogP contribution >= 0.6 is 43.2 Å². The van der Waals surface area contributed by atoms with Gasteiger partial charge < -0.3 is 5.73 Å². The van der Waals surface area contributed by atoms with Crippen LogP contribution in [0.4, 0.5) is 0 Å². The van der Waals surface area contributed by atoms with Crippen LogP contribution < -0.4 is 5.73 Å². The summed E-state index contributed by atoms with van der Waals surface area (Å²) in [5.41, 5.74) is 6.05. The minimum Gasteiger partial charge on any atom is -0.329 e. The molecule has 1 fully saturated rings. The fourth-order valence-corrected chi connectivity index (χ4v) is 5.30. The highest BCUT2D eigenvalue weighted by atomic mass is 79.9. The van der Waals surface area contributed by atoms with E-state index in [1.807, 2.05) is 0 Å². The summed E-state index contributed by atoms with van der Waals surface area (Å²) < 4.78 is 2.29. The maximum absolute atomic E-state index is 6.05. The van der Waals surface area contributed by atoms with Crippen molar-refractivity contribution in [2.75, 3.05) is 32.7 Å². The number of likely N-dealkylation sites (tertiary alicyclic amines) is 1. The van der Waals surface area contributed by atoms with Crippen LogP contribution in [0.2, 0.25) is 0 Å². The lowest BCUT2D eigenvalue weighted by atomic mass is 10.2. The van der Waals surface area contributed by atoms with Crippen molar-refractivity contribution in [2.24, 2.45) is 5.73 Å². The molecule has 0 saturated carbocycles. The smallest absolute Gasteiger partial charge is 0.0843 e. The zero-order chi connectivity index (χ0) is 14.7. The molecule has 2 heterocycles. The highest BCUT2D eigenvalue weighted by Gasteiger charge is 2.31. The van der Waals surface area contributed by atoms with E-state index in [4.69, 9.17) is 5.73 Å². The summed E-state index contributed by atoms with van der Waals surface area (Å²) in [4.78, 5) is 6.47. The summed E-state index contributed by atoms with van der Waals surface area (Å²) in [5, 5.41) is 0. The van der Waals surface area contributed by atoms with Gasteiger partial charge in [0, 0.05) is 35.0 Å². The Morgan fingerprint density at radius 3 is 2.65 bits per heavy atom. The molecule has 2 rings (SSSR count). The van der Waals surface area contributed by atoms with Gasteiger partial charge in [0.1, 0.15) is 0 Å². The Morgan fingerprint density at radius 2 is 2.15 bits per heavy atom. The van der Waals surface area contributed by atoms with E-state index in [9.17, 15) is 0 Å². The average Bonchev–Trinajstić information content (AvgIpc) is 3.01. The van der Waals surface area contributed by atoms with E-state index in [0.717, 1.165) is 34.4 Å². The zero-order valence-electron chi connectivity index (χ0n) is 12.1. The molecule has 1 saturated heterocycles. The molecule has 1 aliphatic rings. The molecule has 2 atom stereocenters. The van der Waals surface area contributed by atoms with Crippen molar-refractivity contribution in [3.05, 3.63) is 19.2 Å². The first kappa shape index (κ1) is 16.9. The minimum atomic E-state index is 0.350. The minimum absolute atomic E-state index is 0.350. The van der Waals surface area contributed by atoms with Crippen LogP contribution in [0.3, 0.4) is 0 Å². The van der Waals surface area contributed by atoms with Crippen LogP contribution in [0.15, 0.2) is 14.3 Å². The molecule has 6 heteroatoms. The SMILES string of the molecule is CCN(CC)C1CCN(C(CN)c2cc(Br)c(Br)s2)C1. The molecule has 2 N–H and O–H groups in total. The van der Waals surface area contributed by atoms with Gasteiger partial charge in [0.2, 0.25) is 0 Å². The molecular weight excluding hydrogens is 402 g/mol. The lowest BCUT2D eigenvalue weighted by molar-refractivity contribution is 0.191. The molecule has 114 valence electrons. The fourth-order valence-electron chi connectivity index (χ4n) is 3.06. The fraction of sp³-hybridized carbons (Fsp3) is 0.714. The van der Waals surface area contributed by atoms with Gasteiger partial charge in [0.15, 0.2) is 0 Å². The Hall–Kier alpha value is 0.540. The number of hydrogen-bond acceptors (Lipinski definition) is 4. The third-order valence-electron chi connectivity index (χ3n) is 4.18. The van der Waals surface area contributed by atoms with Crippen LogP contribution in [0.5, 0.6) is 0 Å². The van der Waals surface area contributed by atoms with Crippen LogP contribution in [0.1, 0.15) is 31.2 Å². The predicted octanol–water partition coefficient (Wildman–Crippen LogP) is 3.69. The lowest BCUT2D eigenvalue weighted by Crippen LogP contribution is -2.39. The Bertz CT molecular complexity index is 415. The maximum Gasteiger partial charge on any atom is 0.0843 e. The van der Waals surface area contributed by atoms with Crippen LogP contribution in [-0.2, 0) is 0 Å². The van der Waals surface area contributed by atoms with Crippen LogP contribution in [-0.4, -0.2) is 48.6 Å². The first-order valence-electron chi connectivity index (χ1n) is 7.23. The van der Waals surface area contributed by atoms with Gasteiger partial charge in [0.05, 0.1) is 9.83 Å². The second-order valence-corrected chi connectivity index (χ2v) is 8.44. The molecule has 0 bridgehead atoms. The number of thiophene rings is 1. The molecule has 0 radical (unpaired) electrons. The molecule has 0 aromatic carbocycles. The molecular formula is C14H23Br2N3S. The van der Waals surface area contributed by atoms with Gasteiger partial charge in [0.25, 0.3) is 0 Å². The van der Waals surface area contributed by atoms with E-state index in [-0.39, 0.29) is 0 Å². The number of nitrogens with zero attached hydrogens (tertiary/aromatic N) is 2. The van der Waals surface area contributed by atoms with E-state index in [1.165, 1.54) is 11.3 Å². The van der Waals surface area contributed by atoms with Gasteiger partial charge in [-0.05, 0) is 57.4 Å². The van der Waals surface area contributed by atoms with Crippen LogP contribution in [0, 0.1) is 0 Å². The van der Waals surface area contributed by atoms with Gasteiger partial charge in [-0.1, -0.05) is 13.8 Å². The molecule has 0 amide bonds. The van der Waals surface area contributed by atoms with Gasteiger partial charge >= 0.3 is 0 Å². The molecule has 1 aromatic heterocycles. The monoisotopic (exact) mass is 423 g/mol. The molecule has 3 nitrogen and oxygen atoms in total. The molecule has 0 spiro atoms. The summed E-state index contributed by atoms with van der Waals surface area (Å²) in [7, 11) is 0. The third kappa shape index (κ3) is 3.65.